The Bertz CT molecular complexity index is 992. The Morgan fingerprint density at radius 3 is 2.78 bits per heavy atom. The molecule has 3 aromatic rings. The first kappa shape index (κ1) is 16.4. The summed E-state index contributed by atoms with van der Waals surface area (Å²) in [5.41, 5.74) is 3.81. The van der Waals surface area contributed by atoms with Gasteiger partial charge in [0.15, 0.2) is 5.82 Å². The highest BCUT2D eigenvalue weighted by molar-refractivity contribution is 5.46. The van der Waals surface area contributed by atoms with Crippen LogP contribution in [0.3, 0.4) is 0 Å². The third kappa shape index (κ3) is 2.78. The van der Waals surface area contributed by atoms with Crippen molar-refractivity contribution < 1.29 is 0 Å². The van der Waals surface area contributed by atoms with Gasteiger partial charge in [-0.25, -0.2) is 24.6 Å². The third-order valence-electron chi connectivity index (χ3n) is 5.85. The van der Waals surface area contributed by atoms with Crippen molar-refractivity contribution in [2.45, 2.75) is 44.9 Å². The van der Waals surface area contributed by atoms with Crippen molar-refractivity contribution in [3.05, 3.63) is 53.6 Å². The van der Waals surface area contributed by atoms with Crippen molar-refractivity contribution in [1.82, 2.24) is 29.7 Å². The number of aromatic nitrogens is 6. The molecular formula is C20H23N7. The zero-order valence-electron chi connectivity index (χ0n) is 15.8. The van der Waals surface area contributed by atoms with E-state index in [1.165, 1.54) is 17.7 Å². The van der Waals surface area contributed by atoms with Crippen LogP contribution in [0.2, 0.25) is 0 Å². The first-order valence-corrected chi connectivity index (χ1v) is 9.55. The molecule has 0 saturated carbocycles. The molecule has 5 rings (SSSR count). The van der Waals surface area contributed by atoms with Crippen LogP contribution >= 0.6 is 0 Å². The highest BCUT2D eigenvalue weighted by atomic mass is 15.3. The molecule has 4 heterocycles. The van der Waals surface area contributed by atoms with Crippen molar-refractivity contribution >= 4 is 5.82 Å². The topological polar surface area (TPSA) is 72.6 Å². The second-order valence-electron chi connectivity index (χ2n) is 7.79. The average molecular weight is 361 g/mol. The standard InChI is InChI=1S/C20H23N7/c1-14-9-24-27(11-14)18-8-17(22-13-23-18)26-7-3-5-20(12-26)6-4-16-10-21-15(2)25-19(16)20/h8-11,13H,3-7,12H2,1-2H3. The van der Waals surface area contributed by atoms with Crippen LogP contribution in [0, 0.1) is 13.8 Å². The van der Waals surface area contributed by atoms with Crippen LogP contribution < -0.4 is 4.90 Å². The van der Waals surface area contributed by atoms with Crippen molar-refractivity contribution in [2.24, 2.45) is 0 Å². The van der Waals surface area contributed by atoms with Gasteiger partial charge in [0.25, 0.3) is 0 Å². The average Bonchev–Trinajstić information content (AvgIpc) is 3.27. The molecule has 0 N–H and O–H groups in total. The Morgan fingerprint density at radius 1 is 1.04 bits per heavy atom. The molecule has 1 aliphatic heterocycles. The highest BCUT2D eigenvalue weighted by Crippen LogP contribution is 2.44. The summed E-state index contributed by atoms with van der Waals surface area (Å²) in [6, 6.07) is 2.03. The first-order valence-electron chi connectivity index (χ1n) is 9.55. The van der Waals surface area contributed by atoms with E-state index in [1.54, 1.807) is 6.33 Å². The van der Waals surface area contributed by atoms with Crippen LogP contribution in [0.5, 0.6) is 0 Å². The molecule has 1 spiro atoms. The number of piperidine rings is 1. The lowest BCUT2D eigenvalue weighted by Crippen LogP contribution is -2.46. The fraction of sp³-hybridized carbons (Fsp3) is 0.450. The number of fused-ring (bicyclic) bond motifs is 2. The fourth-order valence-corrected chi connectivity index (χ4v) is 4.53. The lowest BCUT2D eigenvalue weighted by molar-refractivity contribution is 0.332. The van der Waals surface area contributed by atoms with Gasteiger partial charge in [0.1, 0.15) is 18.0 Å². The predicted molar refractivity (Wildman–Crippen MR) is 102 cm³/mol. The summed E-state index contributed by atoms with van der Waals surface area (Å²) in [5, 5.41) is 4.37. The minimum Gasteiger partial charge on any atom is -0.356 e. The minimum atomic E-state index is 0.120. The summed E-state index contributed by atoms with van der Waals surface area (Å²) in [5.74, 6) is 2.63. The molecule has 138 valence electrons. The molecule has 1 fully saturated rings. The molecule has 0 aromatic carbocycles. The van der Waals surface area contributed by atoms with Crippen molar-refractivity contribution in [3.8, 4) is 5.82 Å². The largest absolute Gasteiger partial charge is 0.356 e. The molecule has 0 bridgehead atoms. The molecule has 27 heavy (non-hydrogen) atoms. The van der Waals surface area contributed by atoms with E-state index >= 15 is 0 Å². The van der Waals surface area contributed by atoms with E-state index in [0.29, 0.717) is 0 Å². The number of aryl methyl sites for hydroxylation is 3. The van der Waals surface area contributed by atoms with Gasteiger partial charge >= 0.3 is 0 Å². The van der Waals surface area contributed by atoms with Gasteiger partial charge in [0, 0.05) is 37.0 Å². The summed E-state index contributed by atoms with van der Waals surface area (Å²) in [4.78, 5) is 20.6. The number of rotatable bonds is 2. The SMILES string of the molecule is Cc1cnn(-c2cc(N3CCCC4(CCc5cnc(C)nc54)C3)ncn2)c1. The van der Waals surface area contributed by atoms with Crippen molar-refractivity contribution in [2.75, 3.05) is 18.0 Å². The van der Waals surface area contributed by atoms with Gasteiger partial charge in [0.05, 0.1) is 11.9 Å². The Kier molecular flexibility index (Phi) is 3.70. The van der Waals surface area contributed by atoms with Gasteiger partial charge in [-0.15, -0.1) is 0 Å². The second kappa shape index (κ2) is 6.11. The summed E-state index contributed by atoms with van der Waals surface area (Å²) in [7, 11) is 0. The quantitative estimate of drug-likeness (QED) is 0.698. The van der Waals surface area contributed by atoms with E-state index < -0.39 is 0 Å². The number of hydrogen-bond donors (Lipinski definition) is 0. The van der Waals surface area contributed by atoms with Gasteiger partial charge in [-0.3, -0.25) is 0 Å². The molecule has 7 nitrogen and oxygen atoms in total. The van der Waals surface area contributed by atoms with E-state index in [2.05, 4.69) is 25.0 Å². The maximum atomic E-state index is 4.84. The summed E-state index contributed by atoms with van der Waals surface area (Å²) >= 11 is 0. The van der Waals surface area contributed by atoms with E-state index in [9.17, 15) is 0 Å². The van der Waals surface area contributed by atoms with Crippen molar-refractivity contribution in [3.63, 3.8) is 0 Å². The summed E-state index contributed by atoms with van der Waals surface area (Å²) in [6.07, 6.45) is 12.0. The molecule has 2 aliphatic rings. The number of nitrogens with zero attached hydrogens (tertiary/aromatic N) is 7. The molecule has 1 unspecified atom stereocenters. The van der Waals surface area contributed by atoms with Crippen LogP contribution in [0.1, 0.15) is 41.9 Å². The van der Waals surface area contributed by atoms with Gasteiger partial charge in [0.2, 0.25) is 0 Å². The molecule has 0 radical (unpaired) electrons. The van der Waals surface area contributed by atoms with E-state index in [1.807, 2.05) is 43.2 Å². The van der Waals surface area contributed by atoms with E-state index in [0.717, 1.165) is 55.4 Å². The smallest absolute Gasteiger partial charge is 0.158 e. The van der Waals surface area contributed by atoms with Crippen LogP contribution in [-0.2, 0) is 11.8 Å². The Labute approximate surface area is 158 Å². The second-order valence-corrected chi connectivity index (χ2v) is 7.79. The molecular weight excluding hydrogens is 338 g/mol. The van der Waals surface area contributed by atoms with Gasteiger partial charge < -0.3 is 4.90 Å². The molecule has 1 saturated heterocycles. The van der Waals surface area contributed by atoms with E-state index in [-0.39, 0.29) is 5.41 Å². The fourth-order valence-electron chi connectivity index (χ4n) is 4.53. The normalized spacial score (nSPS) is 21.6. The Morgan fingerprint density at radius 2 is 1.93 bits per heavy atom. The number of hydrogen-bond acceptors (Lipinski definition) is 6. The van der Waals surface area contributed by atoms with Crippen molar-refractivity contribution in [1.29, 1.82) is 0 Å². The van der Waals surface area contributed by atoms with Crippen LogP contribution in [0.25, 0.3) is 5.82 Å². The van der Waals surface area contributed by atoms with Gasteiger partial charge in [-0.1, -0.05) is 0 Å². The monoisotopic (exact) mass is 361 g/mol. The van der Waals surface area contributed by atoms with Crippen LogP contribution in [0.4, 0.5) is 5.82 Å². The Hall–Kier alpha value is -2.83. The molecule has 1 aliphatic carbocycles. The van der Waals surface area contributed by atoms with Crippen LogP contribution in [-0.4, -0.2) is 42.8 Å². The maximum Gasteiger partial charge on any atom is 0.158 e. The van der Waals surface area contributed by atoms with Crippen LogP contribution in [0.15, 0.2) is 31.0 Å². The van der Waals surface area contributed by atoms with Gasteiger partial charge in [-0.2, -0.15) is 5.10 Å². The maximum absolute atomic E-state index is 4.84. The lowest BCUT2D eigenvalue weighted by atomic mass is 9.77. The number of anilines is 1. The predicted octanol–water partition coefficient (Wildman–Crippen LogP) is 2.55. The molecule has 7 heteroatoms. The summed E-state index contributed by atoms with van der Waals surface area (Å²) in [6.45, 7) is 5.97. The van der Waals surface area contributed by atoms with E-state index in [4.69, 9.17) is 4.98 Å². The highest BCUT2D eigenvalue weighted by Gasteiger charge is 2.44. The third-order valence-corrected chi connectivity index (χ3v) is 5.85. The molecule has 0 amide bonds. The van der Waals surface area contributed by atoms with Gasteiger partial charge in [-0.05, 0) is 50.7 Å². The molecule has 3 aromatic heterocycles. The first-order chi connectivity index (χ1) is 13.1. The zero-order chi connectivity index (χ0) is 18.4. The zero-order valence-corrected chi connectivity index (χ0v) is 15.8. The molecule has 1 atom stereocenters. The Balaban J connectivity index is 1.47. The summed E-state index contributed by atoms with van der Waals surface area (Å²) < 4.78 is 1.81. The lowest BCUT2D eigenvalue weighted by Gasteiger charge is -2.41. The minimum absolute atomic E-state index is 0.120.